The summed E-state index contributed by atoms with van der Waals surface area (Å²) in [5, 5.41) is 0. The Kier molecular flexibility index (Phi) is 1.86. The van der Waals surface area contributed by atoms with Gasteiger partial charge in [0.05, 0.1) is 12.2 Å². The van der Waals surface area contributed by atoms with Gasteiger partial charge < -0.3 is 10.5 Å². The molecular formula is C6H13NO. The zero-order valence-electron chi connectivity index (χ0n) is 5.26. The van der Waals surface area contributed by atoms with Gasteiger partial charge in [-0.1, -0.05) is 0 Å². The summed E-state index contributed by atoms with van der Waals surface area (Å²) >= 11 is 0. The predicted octanol–water partition coefficient (Wildman–Crippen LogP) is 0.513. The molecule has 1 fully saturated rings. The van der Waals surface area contributed by atoms with E-state index in [1.165, 1.54) is 12.8 Å². The van der Waals surface area contributed by atoms with Crippen LogP contribution in [0.15, 0.2) is 0 Å². The molecular weight excluding hydrogens is 102 g/mol. The van der Waals surface area contributed by atoms with Crippen molar-refractivity contribution in [2.75, 3.05) is 6.54 Å². The molecule has 1 aliphatic rings. The minimum atomic E-state index is 0.266. The Labute approximate surface area is 50.0 Å². The summed E-state index contributed by atoms with van der Waals surface area (Å²) in [4.78, 5) is 0. The molecule has 0 radical (unpaired) electrons. The molecule has 1 saturated carbocycles. The van der Waals surface area contributed by atoms with E-state index >= 15 is 0 Å². The standard InChI is InChI=1S/C6H13NO/c1-5(4-7)8-6-2-3-6/h5-6H,2-4,7H2,1H3. The number of ether oxygens (including phenoxy) is 1. The van der Waals surface area contributed by atoms with Crippen LogP contribution in [0.2, 0.25) is 0 Å². The molecule has 0 aliphatic heterocycles. The van der Waals surface area contributed by atoms with E-state index in [4.69, 9.17) is 10.5 Å². The summed E-state index contributed by atoms with van der Waals surface area (Å²) in [6, 6.07) is 0. The first kappa shape index (κ1) is 6.05. The molecule has 0 amide bonds. The summed E-state index contributed by atoms with van der Waals surface area (Å²) in [5.74, 6) is 0. The Morgan fingerprint density at radius 3 is 2.75 bits per heavy atom. The lowest BCUT2D eigenvalue weighted by Crippen LogP contribution is -2.20. The Balaban J connectivity index is 1.98. The summed E-state index contributed by atoms with van der Waals surface area (Å²) in [5.41, 5.74) is 5.32. The molecule has 1 unspecified atom stereocenters. The van der Waals surface area contributed by atoms with E-state index in [1.807, 2.05) is 6.92 Å². The fraction of sp³-hybridized carbons (Fsp3) is 1.00. The summed E-state index contributed by atoms with van der Waals surface area (Å²) in [6.07, 6.45) is 3.30. The van der Waals surface area contributed by atoms with Gasteiger partial charge in [0.2, 0.25) is 0 Å². The zero-order chi connectivity index (χ0) is 5.98. The van der Waals surface area contributed by atoms with Gasteiger partial charge in [0.25, 0.3) is 0 Å². The van der Waals surface area contributed by atoms with Crippen LogP contribution < -0.4 is 5.73 Å². The van der Waals surface area contributed by atoms with Crippen molar-refractivity contribution >= 4 is 0 Å². The predicted molar refractivity (Wildman–Crippen MR) is 32.6 cm³/mol. The maximum Gasteiger partial charge on any atom is 0.0672 e. The third kappa shape index (κ3) is 1.80. The van der Waals surface area contributed by atoms with Crippen LogP contribution in [0.25, 0.3) is 0 Å². The van der Waals surface area contributed by atoms with E-state index in [0.29, 0.717) is 12.6 Å². The average Bonchev–Trinajstić information content (AvgIpc) is 2.50. The van der Waals surface area contributed by atoms with Gasteiger partial charge in [-0.25, -0.2) is 0 Å². The third-order valence-corrected chi connectivity index (χ3v) is 1.28. The van der Waals surface area contributed by atoms with Crippen LogP contribution in [0.4, 0.5) is 0 Å². The Morgan fingerprint density at radius 1 is 1.75 bits per heavy atom. The number of nitrogens with two attached hydrogens (primary N) is 1. The maximum absolute atomic E-state index is 5.39. The van der Waals surface area contributed by atoms with Crippen LogP contribution in [0.3, 0.4) is 0 Å². The van der Waals surface area contributed by atoms with E-state index in [9.17, 15) is 0 Å². The molecule has 0 aromatic rings. The maximum atomic E-state index is 5.39. The summed E-state index contributed by atoms with van der Waals surface area (Å²) in [6.45, 7) is 2.66. The van der Waals surface area contributed by atoms with Crippen molar-refractivity contribution < 1.29 is 4.74 Å². The second-order valence-corrected chi connectivity index (χ2v) is 2.38. The topological polar surface area (TPSA) is 35.2 Å². The van der Waals surface area contributed by atoms with Crippen LogP contribution in [0, 0.1) is 0 Å². The summed E-state index contributed by atoms with van der Waals surface area (Å²) in [7, 11) is 0. The van der Waals surface area contributed by atoms with E-state index in [1.54, 1.807) is 0 Å². The van der Waals surface area contributed by atoms with Gasteiger partial charge in [0.15, 0.2) is 0 Å². The monoisotopic (exact) mass is 115 g/mol. The molecule has 0 saturated heterocycles. The third-order valence-electron chi connectivity index (χ3n) is 1.28. The molecule has 2 heteroatoms. The highest BCUT2D eigenvalue weighted by Crippen LogP contribution is 2.24. The van der Waals surface area contributed by atoms with Gasteiger partial charge in [-0.2, -0.15) is 0 Å². The highest BCUT2D eigenvalue weighted by Gasteiger charge is 2.23. The van der Waals surface area contributed by atoms with Crippen LogP contribution in [0.5, 0.6) is 0 Å². The molecule has 1 rings (SSSR count). The molecule has 2 nitrogen and oxygen atoms in total. The van der Waals surface area contributed by atoms with Gasteiger partial charge >= 0.3 is 0 Å². The molecule has 0 spiro atoms. The van der Waals surface area contributed by atoms with E-state index in [0.717, 1.165) is 0 Å². The Hall–Kier alpha value is -0.0800. The molecule has 0 aromatic heterocycles. The molecule has 1 atom stereocenters. The van der Waals surface area contributed by atoms with Gasteiger partial charge in [0.1, 0.15) is 0 Å². The van der Waals surface area contributed by atoms with Crippen molar-refractivity contribution in [2.24, 2.45) is 5.73 Å². The SMILES string of the molecule is CC(CN)OC1CC1. The highest BCUT2D eigenvalue weighted by molar-refractivity contribution is 4.74. The molecule has 1 aliphatic carbocycles. The quantitative estimate of drug-likeness (QED) is 0.581. The molecule has 0 bridgehead atoms. The molecule has 48 valence electrons. The first-order valence-corrected chi connectivity index (χ1v) is 3.18. The number of hydrogen-bond donors (Lipinski definition) is 1. The molecule has 0 heterocycles. The van der Waals surface area contributed by atoms with Crippen molar-refractivity contribution in [2.45, 2.75) is 32.0 Å². The first-order valence-electron chi connectivity index (χ1n) is 3.18. The first-order chi connectivity index (χ1) is 3.83. The van der Waals surface area contributed by atoms with Crippen LogP contribution in [-0.2, 0) is 4.74 Å². The number of hydrogen-bond acceptors (Lipinski definition) is 2. The van der Waals surface area contributed by atoms with E-state index in [2.05, 4.69) is 0 Å². The lowest BCUT2D eigenvalue weighted by atomic mass is 10.4. The average molecular weight is 115 g/mol. The lowest BCUT2D eigenvalue weighted by Gasteiger charge is -2.07. The Morgan fingerprint density at radius 2 is 2.38 bits per heavy atom. The second kappa shape index (κ2) is 2.46. The minimum Gasteiger partial charge on any atom is -0.374 e. The van der Waals surface area contributed by atoms with Gasteiger partial charge in [-0.05, 0) is 19.8 Å². The molecule has 0 aromatic carbocycles. The largest absolute Gasteiger partial charge is 0.374 e. The lowest BCUT2D eigenvalue weighted by molar-refractivity contribution is 0.0583. The van der Waals surface area contributed by atoms with Crippen LogP contribution in [0.1, 0.15) is 19.8 Å². The fourth-order valence-electron chi connectivity index (χ4n) is 0.588. The fourth-order valence-corrected chi connectivity index (χ4v) is 0.588. The van der Waals surface area contributed by atoms with Crippen molar-refractivity contribution in [3.63, 3.8) is 0 Å². The minimum absolute atomic E-state index is 0.266. The summed E-state index contributed by atoms with van der Waals surface area (Å²) < 4.78 is 5.39. The normalized spacial score (nSPS) is 23.2. The molecule has 8 heavy (non-hydrogen) atoms. The van der Waals surface area contributed by atoms with E-state index in [-0.39, 0.29) is 6.10 Å². The van der Waals surface area contributed by atoms with Crippen molar-refractivity contribution in [1.29, 1.82) is 0 Å². The van der Waals surface area contributed by atoms with Crippen molar-refractivity contribution in [1.82, 2.24) is 0 Å². The van der Waals surface area contributed by atoms with Crippen molar-refractivity contribution in [3.8, 4) is 0 Å². The highest BCUT2D eigenvalue weighted by atomic mass is 16.5. The second-order valence-electron chi connectivity index (χ2n) is 2.38. The van der Waals surface area contributed by atoms with Gasteiger partial charge in [-0.15, -0.1) is 0 Å². The Bertz CT molecular complexity index is 70.9. The van der Waals surface area contributed by atoms with E-state index < -0.39 is 0 Å². The van der Waals surface area contributed by atoms with Gasteiger partial charge in [-0.3, -0.25) is 0 Å². The number of rotatable bonds is 3. The molecule has 2 N–H and O–H groups in total. The van der Waals surface area contributed by atoms with Crippen LogP contribution in [-0.4, -0.2) is 18.8 Å². The zero-order valence-corrected chi connectivity index (χ0v) is 5.26. The van der Waals surface area contributed by atoms with Crippen molar-refractivity contribution in [3.05, 3.63) is 0 Å². The van der Waals surface area contributed by atoms with Crippen LogP contribution >= 0.6 is 0 Å². The smallest absolute Gasteiger partial charge is 0.0672 e. The van der Waals surface area contributed by atoms with Gasteiger partial charge in [0, 0.05) is 6.54 Å².